The molecule has 0 aromatic carbocycles. The molecule has 0 spiro atoms. The number of carbonyl (C=O) groups excluding carboxylic acids is 1. The third-order valence-electron chi connectivity index (χ3n) is 3.30. The van der Waals surface area contributed by atoms with Crippen LogP contribution in [0.5, 0.6) is 0 Å². The molecule has 0 heterocycles. The molecule has 0 bridgehead atoms. The van der Waals surface area contributed by atoms with Crippen LogP contribution in [0.4, 0.5) is 0 Å². The standard InChI is InChI=1S/C13H22O3/c1-8(2)11-6-5-9(3)7-12(11)16-13(15)10(4)14/h9-12,14H,1,5-7H2,2-4H3/t9?,10-,11?,12?/m0/s1. The van der Waals surface area contributed by atoms with Gasteiger partial charge in [0.2, 0.25) is 0 Å². The zero-order valence-corrected chi connectivity index (χ0v) is 10.4. The van der Waals surface area contributed by atoms with E-state index < -0.39 is 12.1 Å². The summed E-state index contributed by atoms with van der Waals surface area (Å²) in [5.74, 6) is 0.298. The van der Waals surface area contributed by atoms with Crippen molar-refractivity contribution in [2.75, 3.05) is 0 Å². The van der Waals surface area contributed by atoms with Gasteiger partial charge in [0.05, 0.1) is 0 Å². The molecule has 0 saturated heterocycles. The van der Waals surface area contributed by atoms with Gasteiger partial charge in [-0.05, 0) is 39.0 Å². The number of hydrogen-bond acceptors (Lipinski definition) is 3. The molecule has 3 unspecified atom stereocenters. The molecule has 0 amide bonds. The average Bonchev–Trinajstić information content (AvgIpc) is 2.16. The molecule has 0 aromatic heterocycles. The molecule has 3 heteroatoms. The first-order valence-corrected chi connectivity index (χ1v) is 5.95. The van der Waals surface area contributed by atoms with Crippen molar-refractivity contribution >= 4 is 5.97 Å². The lowest BCUT2D eigenvalue weighted by Gasteiger charge is -2.35. The Bertz CT molecular complexity index is 270. The summed E-state index contributed by atoms with van der Waals surface area (Å²) in [4.78, 5) is 11.4. The van der Waals surface area contributed by atoms with Crippen molar-refractivity contribution < 1.29 is 14.6 Å². The maximum Gasteiger partial charge on any atom is 0.334 e. The summed E-state index contributed by atoms with van der Waals surface area (Å²) < 4.78 is 5.35. The Morgan fingerprint density at radius 2 is 2.12 bits per heavy atom. The normalized spacial score (nSPS) is 31.9. The Kier molecular flexibility index (Phi) is 4.54. The SMILES string of the molecule is C=C(C)C1CCC(C)CC1OC(=O)[C@H](C)O. The van der Waals surface area contributed by atoms with Crippen molar-refractivity contribution in [3.8, 4) is 0 Å². The largest absolute Gasteiger partial charge is 0.460 e. The monoisotopic (exact) mass is 226 g/mol. The summed E-state index contributed by atoms with van der Waals surface area (Å²) in [5, 5.41) is 9.15. The zero-order chi connectivity index (χ0) is 12.3. The Morgan fingerprint density at radius 3 is 2.62 bits per heavy atom. The van der Waals surface area contributed by atoms with Gasteiger partial charge in [0.25, 0.3) is 0 Å². The van der Waals surface area contributed by atoms with Crippen LogP contribution >= 0.6 is 0 Å². The Labute approximate surface area is 97.5 Å². The highest BCUT2D eigenvalue weighted by atomic mass is 16.6. The van der Waals surface area contributed by atoms with Gasteiger partial charge in [-0.2, -0.15) is 0 Å². The maximum absolute atomic E-state index is 11.4. The van der Waals surface area contributed by atoms with E-state index in [1.807, 2.05) is 6.92 Å². The van der Waals surface area contributed by atoms with E-state index in [1.165, 1.54) is 6.92 Å². The minimum Gasteiger partial charge on any atom is -0.460 e. The molecule has 1 N–H and O–H groups in total. The second-order valence-electron chi connectivity index (χ2n) is 5.02. The van der Waals surface area contributed by atoms with Crippen LogP contribution in [0, 0.1) is 11.8 Å². The Morgan fingerprint density at radius 1 is 1.50 bits per heavy atom. The Balaban J connectivity index is 2.64. The highest BCUT2D eigenvalue weighted by Crippen LogP contribution is 2.34. The van der Waals surface area contributed by atoms with Crippen molar-refractivity contribution in [2.24, 2.45) is 11.8 Å². The summed E-state index contributed by atoms with van der Waals surface area (Å²) in [6.07, 6.45) is 1.90. The van der Waals surface area contributed by atoms with E-state index in [2.05, 4.69) is 13.5 Å². The van der Waals surface area contributed by atoms with E-state index in [0.717, 1.165) is 24.8 Å². The van der Waals surface area contributed by atoms with Crippen LogP contribution in [0.2, 0.25) is 0 Å². The molecular weight excluding hydrogens is 204 g/mol. The third-order valence-corrected chi connectivity index (χ3v) is 3.30. The highest BCUT2D eigenvalue weighted by molar-refractivity contribution is 5.74. The summed E-state index contributed by atoms with van der Waals surface area (Å²) in [6, 6.07) is 0. The fraction of sp³-hybridized carbons (Fsp3) is 0.769. The van der Waals surface area contributed by atoms with E-state index in [1.54, 1.807) is 0 Å². The van der Waals surface area contributed by atoms with Crippen molar-refractivity contribution in [2.45, 2.75) is 52.2 Å². The Hall–Kier alpha value is -0.830. The molecule has 4 atom stereocenters. The molecule has 0 aromatic rings. The number of hydrogen-bond donors (Lipinski definition) is 1. The molecule has 3 nitrogen and oxygen atoms in total. The van der Waals surface area contributed by atoms with Gasteiger partial charge in [-0.25, -0.2) is 4.79 Å². The summed E-state index contributed by atoms with van der Waals surface area (Å²) in [6.45, 7) is 9.53. The summed E-state index contributed by atoms with van der Waals surface area (Å²) >= 11 is 0. The lowest BCUT2D eigenvalue weighted by molar-refractivity contribution is -0.162. The number of aliphatic hydroxyl groups is 1. The van der Waals surface area contributed by atoms with Crippen molar-refractivity contribution in [3.63, 3.8) is 0 Å². The number of ether oxygens (including phenoxy) is 1. The van der Waals surface area contributed by atoms with Crippen molar-refractivity contribution in [1.82, 2.24) is 0 Å². The van der Waals surface area contributed by atoms with Gasteiger partial charge < -0.3 is 9.84 Å². The van der Waals surface area contributed by atoms with Gasteiger partial charge in [0.15, 0.2) is 0 Å². The lowest BCUT2D eigenvalue weighted by Crippen LogP contribution is -2.36. The smallest absolute Gasteiger partial charge is 0.334 e. The number of rotatable bonds is 3. The number of carbonyl (C=O) groups is 1. The van der Waals surface area contributed by atoms with E-state index in [0.29, 0.717) is 5.92 Å². The number of esters is 1. The minimum absolute atomic E-state index is 0.108. The first-order valence-electron chi connectivity index (χ1n) is 5.95. The van der Waals surface area contributed by atoms with Gasteiger partial charge in [-0.15, -0.1) is 0 Å². The first-order chi connectivity index (χ1) is 7.41. The van der Waals surface area contributed by atoms with Crippen LogP contribution in [0.25, 0.3) is 0 Å². The second-order valence-corrected chi connectivity index (χ2v) is 5.02. The molecular formula is C13H22O3. The van der Waals surface area contributed by atoms with Gasteiger partial charge in [0.1, 0.15) is 12.2 Å². The first kappa shape index (κ1) is 13.2. The maximum atomic E-state index is 11.4. The molecule has 1 saturated carbocycles. The molecule has 1 aliphatic rings. The summed E-state index contributed by atoms with van der Waals surface area (Å²) in [5.41, 5.74) is 1.07. The van der Waals surface area contributed by atoms with Gasteiger partial charge in [0, 0.05) is 5.92 Å². The van der Waals surface area contributed by atoms with Gasteiger partial charge in [-0.3, -0.25) is 0 Å². The second kappa shape index (κ2) is 5.48. The van der Waals surface area contributed by atoms with Crippen molar-refractivity contribution in [3.05, 3.63) is 12.2 Å². The molecule has 0 radical (unpaired) electrons. The molecule has 16 heavy (non-hydrogen) atoms. The van der Waals surface area contributed by atoms with E-state index in [-0.39, 0.29) is 12.0 Å². The van der Waals surface area contributed by atoms with Gasteiger partial charge >= 0.3 is 5.97 Å². The van der Waals surface area contributed by atoms with E-state index in [4.69, 9.17) is 9.84 Å². The average molecular weight is 226 g/mol. The van der Waals surface area contributed by atoms with E-state index in [9.17, 15) is 4.79 Å². The van der Waals surface area contributed by atoms with Crippen molar-refractivity contribution in [1.29, 1.82) is 0 Å². The zero-order valence-electron chi connectivity index (χ0n) is 10.4. The fourth-order valence-electron chi connectivity index (χ4n) is 2.27. The lowest BCUT2D eigenvalue weighted by atomic mass is 9.77. The molecule has 1 fully saturated rings. The predicted molar refractivity (Wildman–Crippen MR) is 62.9 cm³/mol. The molecule has 1 aliphatic carbocycles. The fourth-order valence-corrected chi connectivity index (χ4v) is 2.27. The topological polar surface area (TPSA) is 46.5 Å². The molecule has 92 valence electrons. The minimum atomic E-state index is -1.04. The van der Waals surface area contributed by atoms with Crippen LogP contribution in [0.3, 0.4) is 0 Å². The van der Waals surface area contributed by atoms with Gasteiger partial charge in [-0.1, -0.05) is 19.1 Å². The molecule has 0 aliphatic heterocycles. The van der Waals surface area contributed by atoms with E-state index >= 15 is 0 Å². The predicted octanol–water partition coefficient (Wildman–Crippen LogP) is 2.29. The van der Waals surface area contributed by atoms with Crippen LogP contribution in [0.15, 0.2) is 12.2 Å². The highest BCUT2D eigenvalue weighted by Gasteiger charge is 2.32. The number of aliphatic hydroxyl groups excluding tert-OH is 1. The summed E-state index contributed by atoms with van der Waals surface area (Å²) in [7, 11) is 0. The van der Waals surface area contributed by atoms with Crippen LogP contribution < -0.4 is 0 Å². The quantitative estimate of drug-likeness (QED) is 0.593. The molecule has 1 rings (SSSR count). The van der Waals surface area contributed by atoms with Crippen LogP contribution in [-0.2, 0) is 9.53 Å². The third kappa shape index (κ3) is 3.34. The van der Waals surface area contributed by atoms with Crippen LogP contribution in [0.1, 0.15) is 40.0 Å². The van der Waals surface area contributed by atoms with Crippen LogP contribution in [-0.4, -0.2) is 23.3 Å².